The fourth-order valence-electron chi connectivity index (χ4n) is 3.08. The van der Waals surface area contributed by atoms with E-state index in [4.69, 9.17) is 34.8 Å². The summed E-state index contributed by atoms with van der Waals surface area (Å²) in [6.45, 7) is 2.02. The van der Waals surface area contributed by atoms with Gasteiger partial charge in [0.15, 0.2) is 0 Å². The van der Waals surface area contributed by atoms with Crippen LogP contribution >= 0.6 is 34.8 Å². The first kappa shape index (κ1) is 26.2. The molecule has 2 heterocycles. The summed E-state index contributed by atoms with van der Waals surface area (Å²) in [6, 6.07) is 6.20. The average Bonchev–Trinajstić information content (AvgIpc) is 3.21. The summed E-state index contributed by atoms with van der Waals surface area (Å²) in [5.41, 5.74) is 0.0293. The Morgan fingerprint density at radius 3 is 2.41 bits per heavy atom. The molecule has 3 aromatic rings. The molecule has 3 rings (SSSR count). The van der Waals surface area contributed by atoms with E-state index in [2.05, 4.69) is 30.9 Å². The molecule has 34 heavy (non-hydrogen) atoms. The number of carbonyl (C=O) groups is 1. The highest BCUT2D eigenvalue weighted by atomic mass is 35.6. The van der Waals surface area contributed by atoms with E-state index in [1.807, 2.05) is 6.92 Å². The highest BCUT2D eigenvalue weighted by Crippen LogP contribution is 2.33. The van der Waals surface area contributed by atoms with Gasteiger partial charge in [0.25, 0.3) is 0 Å². The zero-order chi connectivity index (χ0) is 24.9. The first-order valence-electron chi connectivity index (χ1n) is 10.4. The fourth-order valence-corrected chi connectivity index (χ4v) is 3.41. The van der Waals surface area contributed by atoms with Crippen LogP contribution in [0.15, 0.2) is 36.5 Å². The van der Waals surface area contributed by atoms with Crippen molar-refractivity contribution in [1.82, 2.24) is 20.3 Å². The number of carbonyl (C=O) groups excluding carboxylic acids is 1. The number of alkyl halides is 6. The largest absolute Gasteiger partial charge is 0.416 e. The van der Waals surface area contributed by atoms with Gasteiger partial charge in [0.2, 0.25) is 15.6 Å². The third-order valence-corrected chi connectivity index (χ3v) is 5.46. The zero-order valence-corrected chi connectivity index (χ0v) is 20.2. The van der Waals surface area contributed by atoms with Gasteiger partial charge in [-0.3, -0.25) is 4.79 Å². The number of H-pyrrole nitrogens is 1. The van der Waals surface area contributed by atoms with E-state index in [1.54, 1.807) is 12.3 Å². The number of halogens is 6. The summed E-state index contributed by atoms with van der Waals surface area (Å²) in [5.74, 6) is 0.0155. The van der Waals surface area contributed by atoms with Crippen LogP contribution in [-0.2, 0) is 11.0 Å². The van der Waals surface area contributed by atoms with Crippen LogP contribution in [0.25, 0.3) is 11.0 Å². The predicted molar refractivity (Wildman–Crippen MR) is 129 cm³/mol. The van der Waals surface area contributed by atoms with Crippen molar-refractivity contribution in [1.29, 1.82) is 0 Å². The van der Waals surface area contributed by atoms with Crippen molar-refractivity contribution >= 4 is 69.2 Å². The molecular weight excluding hydrogens is 516 g/mol. The average molecular weight is 538 g/mol. The standard InChI is InChI=1S/C21H22Cl3F3N6O/c1-2-3-4-5-15(34)30-18(20(22,23)24)33-19-31-16-14(10-11-28-16)17(32-19)29-13-8-6-12(7-9-13)21(25,26)27/h6-11,18H,2-5H2,1H3,(H,30,34)(H3,28,29,31,32,33). The molecule has 1 unspecified atom stereocenters. The van der Waals surface area contributed by atoms with E-state index in [-0.39, 0.29) is 18.3 Å². The lowest BCUT2D eigenvalue weighted by Crippen LogP contribution is -2.49. The maximum atomic E-state index is 12.8. The Balaban J connectivity index is 1.83. The first-order valence-corrected chi connectivity index (χ1v) is 11.5. The van der Waals surface area contributed by atoms with Crippen LogP contribution in [0.4, 0.5) is 30.6 Å². The topological polar surface area (TPSA) is 94.7 Å². The van der Waals surface area contributed by atoms with Gasteiger partial charge < -0.3 is 20.9 Å². The minimum absolute atomic E-state index is 0.0227. The summed E-state index contributed by atoms with van der Waals surface area (Å²) in [5, 5.41) is 9.01. The number of nitrogens with zero attached hydrogens (tertiary/aromatic N) is 2. The molecule has 184 valence electrons. The summed E-state index contributed by atoms with van der Waals surface area (Å²) in [7, 11) is 0. The molecular formula is C21H22Cl3F3N6O. The molecule has 2 aromatic heterocycles. The number of aromatic amines is 1. The SMILES string of the molecule is CCCCCC(=O)NC(Nc1nc(Nc2ccc(C(F)(F)F)cc2)c2cc[nH]c2n1)C(Cl)(Cl)Cl. The zero-order valence-electron chi connectivity index (χ0n) is 17.9. The van der Waals surface area contributed by atoms with E-state index < -0.39 is 21.7 Å². The van der Waals surface area contributed by atoms with Crippen molar-refractivity contribution in [2.75, 3.05) is 10.6 Å². The summed E-state index contributed by atoms with van der Waals surface area (Å²) < 4.78 is 36.6. The maximum absolute atomic E-state index is 12.8. The Bertz CT molecular complexity index is 1120. The lowest BCUT2D eigenvalue weighted by atomic mass is 10.2. The smallest absolute Gasteiger partial charge is 0.346 e. The minimum Gasteiger partial charge on any atom is -0.346 e. The number of benzene rings is 1. The van der Waals surface area contributed by atoms with Crippen LogP contribution in [0.5, 0.6) is 0 Å². The van der Waals surface area contributed by atoms with Gasteiger partial charge in [0.05, 0.1) is 10.9 Å². The number of aromatic nitrogens is 3. The van der Waals surface area contributed by atoms with E-state index in [1.165, 1.54) is 12.1 Å². The van der Waals surface area contributed by atoms with E-state index >= 15 is 0 Å². The highest BCUT2D eigenvalue weighted by Gasteiger charge is 2.35. The first-order chi connectivity index (χ1) is 16.0. The monoisotopic (exact) mass is 536 g/mol. The molecule has 0 radical (unpaired) electrons. The quantitative estimate of drug-likeness (QED) is 0.142. The molecule has 1 atom stereocenters. The molecule has 0 saturated heterocycles. The number of rotatable bonds is 9. The minimum atomic E-state index is -4.44. The van der Waals surface area contributed by atoms with Gasteiger partial charge in [-0.15, -0.1) is 0 Å². The van der Waals surface area contributed by atoms with Crippen molar-refractivity contribution in [3.8, 4) is 0 Å². The number of amides is 1. The van der Waals surface area contributed by atoms with Crippen molar-refractivity contribution in [2.24, 2.45) is 0 Å². The van der Waals surface area contributed by atoms with Crippen LogP contribution in [0, 0.1) is 0 Å². The van der Waals surface area contributed by atoms with Gasteiger partial charge in [0.1, 0.15) is 17.6 Å². The fraction of sp³-hybridized carbons (Fsp3) is 0.381. The number of anilines is 3. The van der Waals surface area contributed by atoms with Crippen molar-refractivity contribution in [2.45, 2.75) is 48.7 Å². The number of fused-ring (bicyclic) bond motifs is 1. The molecule has 4 N–H and O–H groups in total. The van der Waals surface area contributed by atoms with Gasteiger partial charge in [0, 0.05) is 18.3 Å². The Hall–Kier alpha value is -2.43. The molecule has 1 amide bonds. The lowest BCUT2D eigenvalue weighted by Gasteiger charge is -2.26. The Kier molecular flexibility index (Phi) is 8.38. The number of hydrogen-bond acceptors (Lipinski definition) is 5. The van der Waals surface area contributed by atoms with Crippen LogP contribution in [-0.4, -0.2) is 30.8 Å². The molecule has 0 aliphatic heterocycles. The Morgan fingerprint density at radius 1 is 1.09 bits per heavy atom. The highest BCUT2D eigenvalue weighted by molar-refractivity contribution is 6.68. The second-order valence-corrected chi connectivity index (χ2v) is 9.85. The Labute approximate surface area is 208 Å². The number of hydrogen-bond donors (Lipinski definition) is 4. The molecule has 7 nitrogen and oxygen atoms in total. The number of nitrogens with one attached hydrogen (secondary N) is 4. The van der Waals surface area contributed by atoms with Gasteiger partial charge in [-0.1, -0.05) is 54.6 Å². The van der Waals surface area contributed by atoms with Gasteiger partial charge in [-0.2, -0.15) is 23.1 Å². The van der Waals surface area contributed by atoms with Crippen LogP contribution in [0.2, 0.25) is 0 Å². The van der Waals surface area contributed by atoms with Crippen LogP contribution < -0.4 is 16.0 Å². The summed E-state index contributed by atoms with van der Waals surface area (Å²) >= 11 is 18.2. The molecule has 0 fully saturated rings. The second kappa shape index (κ2) is 10.9. The van der Waals surface area contributed by atoms with Crippen molar-refractivity contribution < 1.29 is 18.0 Å². The van der Waals surface area contributed by atoms with Crippen LogP contribution in [0.1, 0.15) is 38.2 Å². The van der Waals surface area contributed by atoms with E-state index in [0.717, 1.165) is 25.0 Å². The van der Waals surface area contributed by atoms with Crippen LogP contribution in [0.3, 0.4) is 0 Å². The summed E-state index contributed by atoms with van der Waals surface area (Å²) in [6.07, 6.45) is -1.14. The van der Waals surface area contributed by atoms with E-state index in [0.29, 0.717) is 29.0 Å². The summed E-state index contributed by atoms with van der Waals surface area (Å²) in [4.78, 5) is 23.9. The van der Waals surface area contributed by atoms with E-state index in [9.17, 15) is 18.0 Å². The molecule has 0 spiro atoms. The second-order valence-electron chi connectivity index (χ2n) is 7.48. The molecule has 0 aliphatic rings. The lowest BCUT2D eigenvalue weighted by molar-refractivity contribution is -0.137. The van der Waals surface area contributed by atoms with Gasteiger partial charge in [-0.25, -0.2) is 0 Å². The van der Waals surface area contributed by atoms with Crippen molar-refractivity contribution in [3.05, 3.63) is 42.1 Å². The molecule has 13 heteroatoms. The Morgan fingerprint density at radius 2 is 1.79 bits per heavy atom. The number of unbranched alkanes of at least 4 members (excludes halogenated alkanes) is 2. The maximum Gasteiger partial charge on any atom is 0.416 e. The van der Waals surface area contributed by atoms with Crippen molar-refractivity contribution in [3.63, 3.8) is 0 Å². The predicted octanol–water partition coefficient (Wildman–Crippen LogP) is 6.53. The molecule has 1 aromatic carbocycles. The van der Waals surface area contributed by atoms with Gasteiger partial charge >= 0.3 is 6.18 Å². The molecule has 0 bridgehead atoms. The van der Waals surface area contributed by atoms with Gasteiger partial charge in [-0.05, 0) is 36.8 Å². The normalized spacial score (nSPS) is 13.0. The third-order valence-electron chi connectivity index (χ3n) is 4.80. The molecule has 0 aliphatic carbocycles. The third kappa shape index (κ3) is 7.04. The molecule has 0 saturated carbocycles.